The molecule has 0 aliphatic carbocycles. The quantitative estimate of drug-likeness (QED) is 0.188. The van der Waals surface area contributed by atoms with Gasteiger partial charge in [0.2, 0.25) is 0 Å². The summed E-state index contributed by atoms with van der Waals surface area (Å²) in [5.74, 6) is 2.16. The maximum atomic E-state index is 4.61. The van der Waals surface area contributed by atoms with E-state index in [1.165, 1.54) is 108 Å². The summed E-state index contributed by atoms with van der Waals surface area (Å²) in [6.45, 7) is 5.76. The van der Waals surface area contributed by atoms with Crippen LogP contribution in [-0.4, -0.2) is 9.55 Å². The van der Waals surface area contributed by atoms with Gasteiger partial charge in [-0.1, -0.05) is 128 Å². The molecule has 0 spiro atoms. The van der Waals surface area contributed by atoms with Crippen molar-refractivity contribution >= 4 is 0 Å². The molecule has 0 saturated heterocycles. The highest BCUT2D eigenvalue weighted by Gasteiger charge is 2.03. The fraction of sp³-hybridized carbons (Fsp3) is 0.700. The number of hydrogen-bond donors (Lipinski definition) is 0. The predicted molar refractivity (Wildman–Crippen MR) is 140 cm³/mol. The highest BCUT2D eigenvalue weighted by Crippen LogP contribution is 2.15. The van der Waals surface area contributed by atoms with E-state index in [1.807, 2.05) is 6.20 Å². The standard InChI is InChI=1S/C30H50N2/c1-28(2)20-15-12-10-8-6-4-3-5-7-9-11-13-18-24-30-31-25-27-32(30)26-19-23-29-21-16-14-17-22-29/h14,16-17,21-22,25,27-28H,3-13,15,18-20,23-24,26H2,1-2H3. The van der Waals surface area contributed by atoms with Gasteiger partial charge < -0.3 is 4.57 Å². The summed E-state index contributed by atoms with van der Waals surface area (Å²) in [5, 5.41) is 0. The van der Waals surface area contributed by atoms with Gasteiger partial charge in [-0.25, -0.2) is 4.98 Å². The monoisotopic (exact) mass is 438 g/mol. The SMILES string of the molecule is CC(C)CCCCCCCCCCCCCCCc1nccn1CCCc1ccccc1. The van der Waals surface area contributed by atoms with E-state index in [9.17, 15) is 0 Å². The number of rotatable bonds is 20. The Labute approximate surface area is 199 Å². The molecule has 2 rings (SSSR count). The lowest BCUT2D eigenvalue weighted by Crippen LogP contribution is -2.04. The normalized spacial score (nSPS) is 11.5. The molecule has 0 fully saturated rings. The van der Waals surface area contributed by atoms with Crippen molar-refractivity contribution in [3.8, 4) is 0 Å². The van der Waals surface area contributed by atoms with Crippen LogP contribution < -0.4 is 0 Å². The molecule has 2 heteroatoms. The lowest BCUT2D eigenvalue weighted by Gasteiger charge is -2.08. The van der Waals surface area contributed by atoms with Crippen molar-refractivity contribution in [3.05, 3.63) is 54.1 Å². The lowest BCUT2D eigenvalue weighted by atomic mass is 10.0. The molecule has 0 radical (unpaired) electrons. The van der Waals surface area contributed by atoms with Crippen molar-refractivity contribution in [2.75, 3.05) is 0 Å². The number of aromatic nitrogens is 2. The molecule has 1 aromatic heterocycles. The van der Waals surface area contributed by atoms with Gasteiger partial charge in [-0.3, -0.25) is 0 Å². The third-order valence-electron chi connectivity index (χ3n) is 6.69. The van der Waals surface area contributed by atoms with Crippen molar-refractivity contribution in [2.24, 2.45) is 5.92 Å². The summed E-state index contributed by atoms with van der Waals surface area (Å²) in [6, 6.07) is 10.8. The number of imidazole rings is 1. The van der Waals surface area contributed by atoms with Crippen molar-refractivity contribution in [3.63, 3.8) is 0 Å². The molecule has 1 aromatic carbocycles. The van der Waals surface area contributed by atoms with E-state index in [1.54, 1.807) is 0 Å². The largest absolute Gasteiger partial charge is 0.335 e. The van der Waals surface area contributed by atoms with Crippen LogP contribution in [-0.2, 0) is 19.4 Å². The molecule has 0 saturated carbocycles. The molecule has 0 aliphatic heterocycles. The molecule has 180 valence electrons. The minimum atomic E-state index is 0.883. The Balaban J connectivity index is 1.38. The average Bonchev–Trinajstić information content (AvgIpc) is 3.24. The minimum absolute atomic E-state index is 0.883. The fourth-order valence-corrected chi connectivity index (χ4v) is 4.65. The van der Waals surface area contributed by atoms with Crippen molar-refractivity contribution in [2.45, 2.75) is 130 Å². The molecule has 2 aromatic rings. The Bertz CT molecular complexity index is 658. The molecule has 32 heavy (non-hydrogen) atoms. The second-order valence-electron chi connectivity index (χ2n) is 10.2. The Morgan fingerprint density at radius 3 is 1.81 bits per heavy atom. The van der Waals surface area contributed by atoms with Crippen LogP contribution in [0, 0.1) is 5.92 Å². The number of nitrogens with zero attached hydrogens (tertiary/aromatic N) is 2. The summed E-state index contributed by atoms with van der Waals surface area (Å²) >= 11 is 0. The van der Waals surface area contributed by atoms with Crippen molar-refractivity contribution < 1.29 is 0 Å². The van der Waals surface area contributed by atoms with E-state index >= 15 is 0 Å². The van der Waals surface area contributed by atoms with Crippen LogP contribution in [0.4, 0.5) is 0 Å². The van der Waals surface area contributed by atoms with Crippen LogP contribution in [0.5, 0.6) is 0 Å². The highest BCUT2D eigenvalue weighted by atomic mass is 15.1. The van der Waals surface area contributed by atoms with Crippen LogP contribution in [0.2, 0.25) is 0 Å². The lowest BCUT2D eigenvalue weighted by molar-refractivity contribution is 0.502. The molecular formula is C30H50N2. The van der Waals surface area contributed by atoms with Crippen LogP contribution in [0.25, 0.3) is 0 Å². The molecule has 0 bridgehead atoms. The minimum Gasteiger partial charge on any atom is -0.335 e. The Morgan fingerprint density at radius 2 is 1.22 bits per heavy atom. The Morgan fingerprint density at radius 1 is 0.656 bits per heavy atom. The first-order chi connectivity index (χ1) is 15.8. The summed E-state index contributed by atoms with van der Waals surface area (Å²) < 4.78 is 2.37. The van der Waals surface area contributed by atoms with E-state index in [0.717, 1.165) is 25.3 Å². The van der Waals surface area contributed by atoms with E-state index in [0.29, 0.717) is 0 Å². The average molecular weight is 439 g/mol. The van der Waals surface area contributed by atoms with Gasteiger partial charge in [0.25, 0.3) is 0 Å². The second kappa shape index (κ2) is 17.9. The first kappa shape index (κ1) is 26.7. The zero-order valence-corrected chi connectivity index (χ0v) is 21.2. The van der Waals surface area contributed by atoms with Crippen LogP contribution in [0.15, 0.2) is 42.7 Å². The molecule has 0 aliphatic rings. The molecule has 0 unspecified atom stereocenters. The van der Waals surface area contributed by atoms with Gasteiger partial charge in [-0.2, -0.15) is 0 Å². The van der Waals surface area contributed by atoms with Crippen molar-refractivity contribution in [1.29, 1.82) is 0 Å². The van der Waals surface area contributed by atoms with E-state index < -0.39 is 0 Å². The van der Waals surface area contributed by atoms with Gasteiger partial charge >= 0.3 is 0 Å². The number of hydrogen-bond acceptors (Lipinski definition) is 1. The third-order valence-corrected chi connectivity index (χ3v) is 6.69. The summed E-state index contributed by atoms with van der Waals surface area (Å²) in [4.78, 5) is 4.61. The van der Waals surface area contributed by atoms with Crippen molar-refractivity contribution in [1.82, 2.24) is 9.55 Å². The predicted octanol–water partition coefficient (Wildman–Crippen LogP) is 9.18. The molecule has 2 nitrogen and oxygen atoms in total. The van der Waals surface area contributed by atoms with Gasteiger partial charge in [0.1, 0.15) is 5.82 Å². The fourth-order valence-electron chi connectivity index (χ4n) is 4.65. The second-order valence-corrected chi connectivity index (χ2v) is 10.2. The smallest absolute Gasteiger partial charge is 0.108 e. The highest BCUT2D eigenvalue weighted by molar-refractivity contribution is 5.14. The molecule has 1 heterocycles. The van der Waals surface area contributed by atoms with Gasteiger partial charge in [-0.15, -0.1) is 0 Å². The molecular weight excluding hydrogens is 388 g/mol. The van der Waals surface area contributed by atoms with E-state index in [4.69, 9.17) is 0 Å². The first-order valence-electron chi connectivity index (χ1n) is 13.8. The molecule has 0 amide bonds. The van der Waals surface area contributed by atoms with Crippen LogP contribution >= 0.6 is 0 Å². The Kier molecular flexibility index (Phi) is 14.9. The van der Waals surface area contributed by atoms with Crippen LogP contribution in [0.1, 0.15) is 122 Å². The third kappa shape index (κ3) is 13.1. The number of benzene rings is 1. The maximum absolute atomic E-state index is 4.61. The van der Waals surface area contributed by atoms with Gasteiger partial charge in [0, 0.05) is 25.4 Å². The maximum Gasteiger partial charge on any atom is 0.108 e. The summed E-state index contributed by atoms with van der Waals surface area (Å²) in [5.41, 5.74) is 1.44. The van der Waals surface area contributed by atoms with Gasteiger partial charge in [0.05, 0.1) is 0 Å². The zero-order chi connectivity index (χ0) is 22.7. The molecule has 0 atom stereocenters. The summed E-state index contributed by atoms with van der Waals surface area (Å²) in [6.07, 6.45) is 27.5. The van der Waals surface area contributed by atoms with Crippen LogP contribution in [0.3, 0.4) is 0 Å². The first-order valence-corrected chi connectivity index (χ1v) is 13.8. The topological polar surface area (TPSA) is 17.8 Å². The summed E-state index contributed by atoms with van der Waals surface area (Å²) in [7, 11) is 0. The number of unbranched alkanes of at least 4 members (excludes halogenated alkanes) is 12. The van der Waals surface area contributed by atoms with E-state index in [-0.39, 0.29) is 0 Å². The van der Waals surface area contributed by atoms with Gasteiger partial charge in [0.15, 0.2) is 0 Å². The van der Waals surface area contributed by atoms with Gasteiger partial charge in [-0.05, 0) is 30.7 Å². The molecule has 0 N–H and O–H groups in total. The number of aryl methyl sites for hydroxylation is 3. The zero-order valence-electron chi connectivity index (χ0n) is 21.2. The Hall–Kier alpha value is -1.57. The van der Waals surface area contributed by atoms with E-state index in [2.05, 4.69) is 59.9 Å².